The van der Waals surface area contributed by atoms with Crippen LogP contribution in [0.25, 0.3) is 10.2 Å². The van der Waals surface area contributed by atoms with Crippen LogP contribution in [0.1, 0.15) is 36.1 Å². The molecule has 0 bridgehead atoms. The molecule has 0 aliphatic carbocycles. The van der Waals surface area contributed by atoms with Crippen molar-refractivity contribution >= 4 is 27.5 Å². The van der Waals surface area contributed by atoms with E-state index < -0.39 is 0 Å². The summed E-state index contributed by atoms with van der Waals surface area (Å²) < 4.78 is 6.51. The molecule has 0 N–H and O–H groups in total. The smallest absolute Gasteiger partial charge is 0.223 e. The Morgan fingerprint density at radius 1 is 1.30 bits per heavy atom. The first-order valence-electron chi connectivity index (χ1n) is 7.98. The van der Waals surface area contributed by atoms with Crippen LogP contribution in [0, 0.1) is 0 Å². The normalized spacial score (nSPS) is 17.9. The number of aryl methyl sites for hydroxylation is 1. The van der Waals surface area contributed by atoms with E-state index in [1.807, 2.05) is 35.2 Å². The van der Waals surface area contributed by atoms with Crippen molar-refractivity contribution in [3.8, 4) is 0 Å². The zero-order chi connectivity index (χ0) is 15.6. The fourth-order valence-corrected chi connectivity index (χ4v) is 4.30. The minimum absolute atomic E-state index is 0.136. The molecule has 0 radical (unpaired) electrons. The Bertz CT molecular complexity index is 776. The Balaban J connectivity index is 1.50. The number of fused-ring (bicyclic) bond motifs is 1. The van der Waals surface area contributed by atoms with Crippen LogP contribution in [0.3, 0.4) is 0 Å². The number of aromatic nitrogens is 1. The fraction of sp³-hybridized carbons (Fsp3) is 0.333. The van der Waals surface area contributed by atoms with Gasteiger partial charge in [0, 0.05) is 19.4 Å². The van der Waals surface area contributed by atoms with E-state index in [-0.39, 0.29) is 11.9 Å². The van der Waals surface area contributed by atoms with Crippen LogP contribution in [0.4, 0.5) is 0 Å². The molecular formula is C18H18N2O2S. The Hall–Kier alpha value is -2.14. The average molecular weight is 326 g/mol. The molecule has 3 aromatic rings. The highest BCUT2D eigenvalue weighted by Gasteiger charge is 2.31. The Morgan fingerprint density at radius 2 is 2.22 bits per heavy atom. The molecule has 1 aromatic carbocycles. The van der Waals surface area contributed by atoms with Gasteiger partial charge in [0.2, 0.25) is 5.91 Å². The summed E-state index contributed by atoms with van der Waals surface area (Å²) in [5.74, 6) is 1.07. The van der Waals surface area contributed by atoms with E-state index in [4.69, 9.17) is 9.40 Å². The summed E-state index contributed by atoms with van der Waals surface area (Å²) in [5, 5.41) is 1.06. The molecule has 3 heterocycles. The zero-order valence-corrected chi connectivity index (χ0v) is 13.6. The number of hydrogen-bond donors (Lipinski definition) is 0. The molecule has 2 aromatic heterocycles. The number of rotatable bonds is 4. The molecule has 0 saturated carbocycles. The highest BCUT2D eigenvalue weighted by Crippen LogP contribution is 2.36. The van der Waals surface area contributed by atoms with Gasteiger partial charge in [-0.15, -0.1) is 11.3 Å². The van der Waals surface area contributed by atoms with Gasteiger partial charge in [-0.05, 0) is 37.1 Å². The van der Waals surface area contributed by atoms with Gasteiger partial charge in [0.15, 0.2) is 0 Å². The van der Waals surface area contributed by atoms with Crippen molar-refractivity contribution in [1.29, 1.82) is 0 Å². The van der Waals surface area contributed by atoms with E-state index in [1.54, 1.807) is 17.6 Å². The standard InChI is InChI=1S/C18H18N2O2S/c21-17(10-9-13-5-4-12-22-13)20-11-3-7-15(20)18-19-14-6-1-2-8-16(14)23-18/h1-2,4-6,8,12,15H,3,7,9-11H2/t15-/m1/s1. The molecule has 5 heteroatoms. The molecule has 1 amide bonds. The first kappa shape index (κ1) is 14.5. The van der Waals surface area contributed by atoms with Gasteiger partial charge in [-0.25, -0.2) is 4.98 Å². The molecule has 0 unspecified atom stereocenters. The summed E-state index contributed by atoms with van der Waals surface area (Å²) in [6, 6.07) is 12.1. The second-order valence-corrected chi connectivity index (χ2v) is 6.91. The van der Waals surface area contributed by atoms with Crippen LogP contribution in [-0.4, -0.2) is 22.3 Å². The molecule has 4 nitrogen and oxygen atoms in total. The number of hydrogen-bond acceptors (Lipinski definition) is 4. The second-order valence-electron chi connectivity index (χ2n) is 5.84. The highest BCUT2D eigenvalue weighted by atomic mass is 32.1. The van der Waals surface area contributed by atoms with Crippen LogP contribution in [0.2, 0.25) is 0 Å². The maximum atomic E-state index is 12.6. The number of benzene rings is 1. The maximum Gasteiger partial charge on any atom is 0.223 e. The molecule has 1 atom stereocenters. The number of nitrogens with zero attached hydrogens (tertiary/aromatic N) is 2. The summed E-state index contributed by atoms with van der Waals surface area (Å²) in [4.78, 5) is 19.3. The number of thiazole rings is 1. The molecule has 118 valence electrons. The first-order chi connectivity index (χ1) is 11.3. The third kappa shape index (κ3) is 2.88. The second kappa shape index (κ2) is 6.16. The van der Waals surface area contributed by atoms with Crippen molar-refractivity contribution < 1.29 is 9.21 Å². The monoisotopic (exact) mass is 326 g/mol. The minimum atomic E-state index is 0.136. The highest BCUT2D eigenvalue weighted by molar-refractivity contribution is 7.18. The van der Waals surface area contributed by atoms with Crippen molar-refractivity contribution in [1.82, 2.24) is 9.88 Å². The third-order valence-corrected chi connectivity index (χ3v) is 5.47. The van der Waals surface area contributed by atoms with Crippen molar-refractivity contribution in [3.05, 3.63) is 53.4 Å². The van der Waals surface area contributed by atoms with Gasteiger partial charge < -0.3 is 9.32 Å². The van der Waals surface area contributed by atoms with Gasteiger partial charge in [-0.2, -0.15) is 0 Å². The number of likely N-dealkylation sites (tertiary alicyclic amines) is 1. The summed E-state index contributed by atoms with van der Waals surface area (Å²) in [6.07, 6.45) is 4.86. The van der Waals surface area contributed by atoms with Crippen LogP contribution in [0.15, 0.2) is 47.1 Å². The Morgan fingerprint density at radius 3 is 3.04 bits per heavy atom. The summed E-state index contributed by atoms with van der Waals surface area (Å²) in [5.41, 5.74) is 1.03. The number of carbonyl (C=O) groups is 1. The van der Waals surface area contributed by atoms with Crippen LogP contribution < -0.4 is 0 Å². The predicted octanol–water partition coefficient (Wildman–Crippen LogP) is 4.19. The van der Waals surface area contributed by atoms with E-state index in [0.29, 0.717) is 12.8 Å². The van der Waals surface area contributed by atoms with Crippen molar-refractivity contribution in [3.63, 3.8) is 0 Å². The van der Waals surface area contributed by atoms with Crippen LogP contribution in [-0.2, 0) is 11.2 Å². The fourth-order valence-electron chi connectivity index (χ4n) is 3.18. The van der Waals surface area contributed by atoms with E-state index in [0.717, 1.165) is 35.7 Å². The molecule has 1 saturated heterocycles. The van der Waals surface area contributed by atoms with Gasteiger partial charge in [0.1, 0.15) is 10.8 Å². The van der Waals surface area contributed by atoms with Gasteiger partial charge >= 0.3 is 0 Å². The predicted molar refractivity (Wildman–Crippen MR) is 90.3 cm³/mol. The van der Waals surface area contributed by atoms with Crippen molar-refractivity contribution in [2.45, 2.75) is 31.7 Å². The van der Waals surface area contributed by atoms with Gasteiger partial charge in [-0.3, -0.25) is 4.79 Å². The number of amides is 1. The van der Waals surface area contributed by atoms with Gasteiger partial charge in [-0.1, -0.05) is 12.1 Å². The zero-order valence-electron chi connectivity index (χ0n) is 12.8. The molecule has 4 rings (SSSR count). The average Bonchev–Trinajstić information content (AvgIpc) is 3.31. The van der Waals surface area contributed by atoms with Gasteiger partial charge in [0.25, 0.3) is 0 Å². The summed E-state index contributed by atoms with van der Waals surface area (Å²) >= 11 is 1.71. The lowest BCUT2D eigenvalue weighted by Gasteiger charge is -2.23. The molecular weight excluding hydrogens is 308 g/mol. The topological polar surface area (TPSA) is 46.3 Å². The van der Waals surface area contributed by atoms with Crippen LogP contribution in [0.5, 0.6) is 0 Å². The molecule has 1 aliphatic rings. The lowest BCUT2D eigenvalue weighted by Crippen LogP contribution is -2.30. The van der Waals surface area contributed by atoms with Gasteiger partial charge in [0.05, 0.1) is 22.5 Å². The molecule has 1 aliphatic heterocycles. The third-order valence-electron chi connectivity index (χ3n) is 4.33. The summed E-state index contributed by atoms with van der Waals surface area (Å²) in [6.45, 7) is 0.831. The molecule has 1 fully saturated rings. The number of furan rings is 1. The lowest BCUT2D eigenvalue weighted by atomic mass is 10.2. The number of para-hydroxylation sites is 1. The maximum absolute atomic E-state index is 12.6. The van der Waals surface area contributed by atoms with Crippen molar-refractivity contribution in [2.24, 2.45) is 0 Å². The summed E-state index contributed by atoms with van der Waals surface area (Å²) in [7, 11) is 0. The van der Waals surface area contributed by atoms with Crippen molar-refractivity contribution in [2.75, 3.05) is 6.54 Å². The minimum Gasteiger partial charge on any atom is -0.469 e. The largest absolute Gasteiger partial charge is 0.469 e. The lowest BCUT2D eigenvalue weighted by molar-refractivity contribution is -0.132. The van der Waals surface area contributed by atoms with E-state index >= 15 is 0 Å². The molecule has 23 heavy (non-hydrogen) atoms. The Kier molecular flexibility index (Phi) is 3.87. The first-order valence-corrected chi connectivity index (χ1v) is 8.80. The van der Waals surface area contributed by atoms with E-state index in [2.05, 4.69) is 6.07 Å². The SMILES string of the molecule is O=C(CCc1ccco1)N1CCC[C@@H]1c1nc2ccccc2s1. The molecule has 0 spiro atoms. The Labute approximate surface area is 138 Å². The van der Waals surface area contributed by atoms with Crippen LogP contribution >= 0.6 is 11.3 Å². The number of carbonyl (C=O) groups excluding carboxylic acids is 1. The van der Waals surface area contributed by atoms with E-state index in [9.17, 15) is 4.79 Å². The quantitative estimate of drug-likeness (QED) is 0.722. The van der Waals surface area contributed by atoms with E-state index in [1.165, 1.54) is 4.70 Å².